The zero-order chi connectivity index (χ0) is 18.9. The first-order valence-corrected chi connectivity index (χ1v) is 10.1. The van der Waals surface area contributed by atoms with Crippen LogP contribution >= 0.6 is 0 Å². The van der Waals surface area contributed by atoms with Gasteiger partial charge >= 0.3 is 0 Å². The highest BCUT2D eigenvalue weighted by molar-refractivity contribution is 5.54. The van der Waals surface area contributed by atoms with Crippen molar-refractivity contribution in [1.82, 2.24) is 5.32 Å². The molecule has 0 radical (unpaired) electrons. The molecule has 1 heterocycles. The molecule has 1 fully saturated rings. The van der Waals surface area contributed by atoms with Gasteiger partial charge < -0.3 is 5.32 Å². The molecule has 27 heavy (non-hydrogen) atoms. The highest BCUT2D eigenvalue weighted by atomic mass is 15.0. The molecular weight excluding hydrogens is 326 g/mol. The summed E-state index contributed by atoms with van der Waals surface area (Å²) in [5.41, 5.74) is 7.87. The number of nitrogens with one attached hydrogen (secondary N) is 1. The minimum atomic E-state index is -0.175. The Morgan fingerprint density at radius 3 is 1.30 bits per heavy atom. The summed E-state index contributed by atoms with van der Waals surface area (Å²) in [6, 6.07) is 27.9. The normalized spacial score (nSPS) is 17.2. The number of rotatable bonds is 4. The van der Waals surface area contributed by atoms with E-state index >= 15 is 0 Å². The maximum absolute atomic E-state index is 3.84. The summed E-state index contributed by atoms with van der Waals surface area (Å²) in [6.45, 7) is 7.58. The number of benzene rings is 3. The van der Waals surface area contributed by atoms with Crippen LogP contribution in [0.25, 0.3) is 0 Å². The van der Waals surface area contributed by atoms with E-state index in [9.17, 15) is 0 Å². The highest BCUT2D eigenvalue weighted by Crippen LogP contribution is 2.45. The van der Waals surface area contributed by atoms with Crippen LogP contribution in [-0.4, -0.2) is 12.6 Å². The summed E-state index contributed by atoms with van der Waals surface area (Å²) >= 11 is 0. The Morgan fingerprint density at radius 2 is 1.00 bits per heavy atom. The molecule has 0 bridgehead atoms. The van der Waals surface area contributed by atoms with Crippen LogP contribution in [0.15, 0.2) is 72.8 Å². The fourth-order valence-corrected chi connectivity index (χ4v) is 4.61. The SMILES string of the molecule is Cc1ccc(C(c2ccc(C)cc2)(c2ccc(C)cc2)C2CCCN2)cc1. The lowest BCUT2D eigenvalue weighted by Gasteiger charge is -2.41. The molecule has 1 aliphatic rings. The van der Waals surface area contributed by atoms with E-state index in [4.69, 9.17) is 0 Å². The second-order valence-electron chi connectivity index (χ2n) is 8.06. The van der Waals surface area contributed by atoms with Crippen molar-refractivity contribution in [2.75, 3.05) is 6.54 Å². The fourth-order valence-electron chi connectivity index (χ4n) is 4.61. The molecule has 1 heteroatoms. The molecule has 0 spiro atoms. The standard InChI is InChI=1S/C26H29N/c1-19-6-12-22(13-7-19)26(25-5-4-18-27-25,23-14-8-20(2)9-15-23)24-16-10-21(3)11-17-24/h6-17,25,27H,4-5,18H2,1-3H3. The van der Waals surface area contributed by atoms with Crippen molar-refractivity contribution < 1.29 is 0 Å². The van der Waals surface area contributed by atoms with Gasteiger partial charge in [-0.3, -0.25) is 0 Å². The maximum Gasteiger partial charge on any atom is 0.0604 e. The summed E-state index contributed by atoms with van der Waals surface area (Å²) in [6.07, 6.45) is 2.42. The molecule has 1 unspecified atom stereocenters. The van der Waals surface area contributed by atoms with Crippen LogP contribution in [-0.2, 0) is 5.41 Å². The van der Waals surface area contributed by atoms with Crippen LogP contribution < -0.4 is 5.32 Å². The molecule has 1 atom stereocenters. The third-order valence-electron chi connectivity index (χ3n) is 6.10. The Bertz CT molecular complexity index is 772. The topological polar surface area (TPSA) is 12.0 Å². The summed E-state index contributed by atoms with van der Waals surface area (Å²) in [4.78, 5) is 0. The minimum absolute atomic E-state index is 0.175. The number of hydrogen-bond acceptors (Lipinski definition) is 1. The van der Waals surface area contributed by atoms with Gasteiger partial charge in [0.05, 0.1) is 5.41 Å². The average molecular weight is 356 g/mol. The van der Waals surface area contributed by atoms with Crippen molar-refractivity contribution in [2.45, 2.75) is 45.1 Å². The van der Waals surface area contributed by atoms with Gasteiger partial charge in [0.1, 0.15) is 0 Å². The highest BCUT2D eigenvalue weighted by Gasteiger charge is 2.44. The smallest absolute Gasteiger partial charge is 0.0604 e. The predicted octanol–water partition coefficient (Wildman–Crippen LogP) is 5.70. The van der Waals surface area contributed by atoms with Gasteiger partial charge in [-0.2, -0.15) is 0 Å². The van der Waals surface area contributed by atoms with Crippen LogP contribution in [0.1, 0.15) is 46.2 Å². The second-order valence-corrected chi connectivity index (χ2v) is 8.06. The summed E-state index contributed by atoms with van der Waals surface area (Å²) < 4.78 is 0. The van der Waals surface area contributed by atoms with E-state index in [1.54, 1.807) is 0 Å². The summed E-state index contributed by atoms with van der Waals surface area (Å²) in [7, 11) is 0. The zero-order valence-electron chi connectivity index (χ0n) is 16.6. The largest absolute Gasteiger partial charge is 0.312 e. The second kappa shape index (κ2) is 7.32. The molecular formula is C26H29N. The van der Waals surface area contributed by atoms with E-state index in [2.05, 4.69) is 98.9 Å². The van der Waals surface area contributed by atoms with Gasteiger partial charge in [-0.15, -0.1) is 0 Å². The van der Waals surface area contributed by atoms with Crippen molar-refractivity contribution >= 4 is 0 Å². The molecule has 3 aromatic rings. The summed E-state index contributed by atoms with van der Waals surface area (Å²) in [5.74, 6) is 0. The van der Waals surface area contributed by atoms with E-state index in [1.807, 2.05) is 0 Å². The number of hydrogen-bond donors (Lipinski definition) is 1. The minimum Gasteiger partial charge on any atom is -0.312 e. The Balaban J connectivity index is 2.02. The van der Waals surface area contributed by atoms with Gasteiger partial charge in [0.25, 0.3) is 0 Å². The van der Waals surface area contributed by atoms with Crippen LogP contribution in [0.2, 0.25) is 0 Å². The van der Waals surface area contributed by atoms with Crippen molar-refractivity contribution in [3.05, 3.63) is 106 Å². The Kier molecular flexibility index (Phi) is 4.88. The predicted molar refractivity (Wildman–Crippen MR) is 114 cm³/mol. The van der Waals surface area contributed by atoms with Gasteiger partial charge in [-0.25, -0.2) is 0 Å². The average Bonchev–Trinajstić information content (AvgIpc) is 3.21. The first-order chi connectivity index (χ1) is 13.1. The van der Waals surface area contributed by atoms with E-state index in [-0.39, 0.29) is 5.41 Å². The quantitative estimate of drug-likeness (QED) is 0.592. The molecule has 0 saturated carbocycles. The lowest BCUT2D eigenvalue weighted by Crippen LogP contribution is -2.47. The number of aryl methyl sites for hydroxylation is 3. The van der Waals surface area contributed by atoms with E-state index in [0.29, 0.717) is 6.04 Å². The van der Waals surface area contributed by atoms with Crippen LogP contribution in [0.5, 0.6) is 0 Å². The summed E-state index contributed by atoms with van der Waals surface area (Å²) in [5, 5.41) is 3.84. The van der Waals surface area contributed by atoms with Gasteiger partial charge in [0.2, 0.25) is 0 Å². The van der Waals surface area contributed by atoms with Gasteiger partial charge in [0, 0.05) is 6.04 Å². The molecule has 0 aromatic heterocycles. The molecule has 1 N–H and O–H groups in total. The molecule has 3 aromatic carbocycles. The zero-order valence-corrected chi connectivity index (χ0v) is 16.6. The van der Waals surface area contributed by atoms with E-state index in [1.165, 1.54) is 46.2 Å². The van der Waals surface area contributed by atoms with Crippen molar-refractivity contribution in [3.8, 4) is 0 Å². The van der Waals surface area contributed by atoms with Gasteiger partial charge in [-0.05, 0) is 56.8 Å². The Labute approximate surface area is 163 Å². The van der Waals surface area contributed by atoms with E-state index < -0.39 is 0 Å². The van der Waals surface area contributed by atoms with Crippen molar-refractivity contribution in [2.24, 2.45) is 0 Å². The van der Waals surface area contributed by atoms with Crippen LogP contribution in [0.3, 0.4) is 0 Å². The lowest BCUT2D eigenvalue weighted by atomic mass is 9.64. The third kappa shape index (κ3) is 3.21. The Hall–Kier alpha value is -2.38. The molecule has 0 aliphatic carbocycles. The molecule has 1 nitrogen and oxygen atoms in total. The molecule has 1 saturated heterocycles. The molecule has 0 amide bonds. The van der Waals surface area contributed by atoms with Gasteiger partial charge in [-0.1, -0.05) is 89.5 Å². The van der Waals surface area contributed by atoms with Crippen LogP contribution in [0, 0.1) is 20.8 Å². The first kappa shape index (κ1) is 18.0. The maximum atomic E-state index is 3.84. The molecule has 1 aliphatic heterocycles. The monoisotopic (exact) mass is 355 g/mol. The molecule has 138 valence electrons. The lowest BCUT2D eigenvalue weighted by molar-refractivity contribution is 0.435. The van der Waals surface area contributed by atoms with Gasteiger partial charge in [0.15, 0.2) is 0 Å². The van der Waals surface area contributed by atoms with Crippen molar-refractivity contribution in [1.29, 1.82) is 0 Å². The Morgan fingerprint density at radius 1 is 0.630 bits per heavy atom. The van der Waals surface area contributed by atoms with E-state index in [0.717, 1.165) is 6.54 Å². The van der Waals surface area contributed by atoms with Crippen LogP contribution in [0.4, 0.5) is 0 Å². The fraction of sp³-hybridized carbons (Fsp3) is 0.308. The molecule has 4 rings (SSSR count). The van der Waals surface area contributed by atoms with Crippen molar-refractivity contribution in [3.63, 3.8) is 0 Å². The first-order valence-electron chi connectivity index (χ1n) is 10.1. The third-order valence-corrected chi connectivity index (χ3v) is 6.10.